The summed E-state index contributed by atoms with van der Waals surface area (Å²) >= 11 is 1.55. The molecule has 3 N–H and O–H groups in total. The van der Waals surface area contributed by atoms with Gasteiger partial charge < -0.3 is 20.7 Å². The maximum atomic E-state index is 12.8. The van der Waals surface area contributed by atoms with Gasteiger partial charge >= 0.3 is 6.03 Å². The van der Waals surface area contributed by atoms with Crippen LogP contribution in [0.15, 0.2) is 48.7 Å². The van der Waals surface area contributed by atoms with E-state index in [2.05, 4.69) is 22.5 Å². The molecule has 7 heteroatoms. The Morgan fingerprint density at radius 2 is 1.96 bits per heavy atom. The van der Waals surface area contributed by atoms with E-state index in [1.165, 1.54) is 0 Å². The third-order valence-corrected chi connectivity index (χ3v) is 5.06. The van der Waals surface area contributed by atoms with Gasteiger partial charge in [-0.05, 0) is 43.3 Å². The van der Waals surface area contributed by atoms with Crippen LogP contribution in [-0.2, 0) is 4.79 Å². The number of rotatable bonds is 4. The van der Waals surface area contributed by atoms with Crippen molar-refractivity contribution < 1.29 is 14.3 Å². The maximum absolute atomic E-state index is 12.8. The van der Waals surface area contributed by atoms with E-state index in [0.29, 0.717) is 17.1 Å². The van der Waals surface area contributed by atoms with Gasteiger partial charge in [-0.25, -0.2) is 4.79 Å². The predicted octanol–water partition coefficient (Wildman–Crippen LogP) is 3.19. The van der Waals surface area contributed by atoms with Gasteiger partial charge in [0.2, 0.25) is 5.91 Å². The Bertz CT molecular complexity index is 813. The number of amides is 3. The van der Waals surface area contributed by atoms with E-state index < -0.39 is 12.0 Å². The second kappa shape index (κ2) is 6.98. The number of thiophene rings is 1. The minimum Gasteiger partial charge on any atom is -0.497 e. The quantitative estimate of drug-likeness (QED) is 0.786. The first-order chi connectivity index (χ1) is 12.0. The molecule has 3 rings (SSSR count). The van der Waals surface area contributed by atoms with Crippen LogP contribution in [0.25, 0.3) is 0 Å². The zero-order valence-corrected chi connectivity index (χ0v) is 14.8. The fourth-order valence-corrected chi connectivity index (χ4v) is 3.71. The van der Waals surface area contributed by atoms with Crippen molar-refractivity contribution in [2.24, 2.45) is 5.92 Å². The van der Waals surface area contributed by atoms with Crippen molar-refractivity contribution in [2.75, 3.05) is 12.4 Å². The molecule has 0 spiro atoms. The molecule has 0 radical (unpaired) electrons. The summed E-state index contributed by atoms with van der Waals surface area (Å²) in [6.45, 7) is 5.85. The first kappa shape index (κ1) is 17.0. The molecule has 6 nitrogen and oxygen atoms in total. The molecule has 3 amide bonds. The van der Waals surface area contributed by atoms with Gasteiger partial charge in [-0.1, -0.05) is 6.58 Å². The van der Waals surface area contributed by atoms with E-state index in [1.807, 2.05) is 19.1 Å². The number of urea groups is 1. The minimum atomic E-state index is -0.613. The smallest absolute Gasteiger partial charge is 0.319 e. The van der Waals surface area contributed by atoms with Gasteiger partial charge in [-0.2, -0.15) is 0 Å². The Hall–Kier alpha value is -2.80. The minimum absolute atomic E-state index is 0.237. The number of methoxy groups -OCH3 is 1. The van der Waals surface area contributed by atoms with Crippen molar-refractivity contribution in [1.29, 1.82) is 0 Å². The second-order valence-corrected chi connectivity index (χ2v) is 7.06. The van der Waals surface area contributed by atoms with Crippen LogP contribution in [0, 0.1) is 12.8 Å². The van der Waals surface area contributed by atoms with Crippen LogP contribution in [0.2, 0.25) is 0 Å². The number of benzene rings is 1. The highest BCUT2D eigenvalue weighted by Crippen LogP contribution is 2.34. The Balaban J connectivity index is 1.83. The maximum Gasteiger partial charge on any atom is 0.319 e. The van der Waals surface area contributed by atoms with Gasteiger partial charge in [-0.15, -0.1) is 11.3 Å². The summed E-state index contributed by atoms with van der Waals surface area (Å²) in [5, 5.41) is 8.30. The molecule has 2 atom stereocenters. The lowest BCUT2D eigenvalue weighted by Crippen LogP contribution is -2.51. The lowest BCUT2D eigenvalue weighted by atomic mass is 9.92. The molecule has 25 heavy (non-hydrogen) atoms. The molecule has 0 unspecified atom stereocenters. The molecule has 0 bridgehead atoms. The summed E-state index contributed by atoms with van der Waals surface area (Å²) in [7, 11) is 1.58. The first-order valence-corrected chi connectivity index (χ1v) is 8.57. The molecule has 0 aliphatic carbocycles. The van der Waals surface area contributed by atoms with Gasteiger partial charge in [-0.3, -0.25) is 4.79 Å². The monoisotopic (exact) mass is 357 g/mol. The summed E-state index contributed by atoms with van der Waals surface area (Å²) in [4.78, 5) is 26.7. The predicted molar refractivity (Wildman–Crippen MR) is 97.7 cm³/mol. The van der Waals surface area contributed by atoms with E-state index in [0.717, 1.165) is 9.75 Å². The van der Waals surface area contributed by atoms with Crippen LogP contribution in [0.5, 0.6) is 5.75 Å². The number of nitrogens with one attached hydrogen (secondary N) is 3. The SMILES string of the molecule is C=C1NC(=O)N[C@@H](c2ccc(C)s2)[C@@H]1C(=O)Nc1ccc(OC)cc1. The normalized spacial score (nSPS) is 19.8. The highest BCUT2D eigenvalue weighted by Gasteiger charge is 2.38. The molecular weight excluding hydrogens is 338 g/mol. The third kappa shape index (κ3) is 3.66. The van der Waals surface area contributed by atoms with E-state index in [4.69, 9.17) is 4.74 Å². The molecule has 1 aliphatic rings. The van der Waals surface area contributed by atoms with Crippen molar-refractivity contribution in [3.05, 3.63) is 58.4 Å². The third-order valence-electron chi connectivity index (χ3n) is 3.98. The van der Waals surface area contributed by atoms with Gasteiger partial charge in [0, 0.05) is 21.1 Å². The molecular formula is C18H19N3O3S. The lowest BCUT2D eigenvalue weighted by Gasteiger charge is -2.33. The Morgan fingerprint density at radius 3 is 2.56 bits per heavy atom. The molecule has 1 aliphatic heterocycles. The molecule has 1 saturated heterocycles. The average Bonchev–Trinajstić information content (AvgIpc) is 3.01. The van der Waals surface area contributed by atoms with E-state index >= 15 is 0 Å². The summed E-state index contributed by atoms with van der Waals surface area (Å²) in [5.74, 6) is -0.141. The van der Waals surface area contributed by atoms with Crippen molar-refractivity contribution in [2.45, 2.75) is 13.0 Å². The summed E-state index contributed by atoms with van der Waals surface area (Å²) < 4.78 is 5.11. The summed E-state index contributed by atoms with van der Waals surface area (Å²) in [5.41, 5.74) is 1.03. The van der Waals surface area contributed by atoms with Crippen LogP contribution in [0.1, 0.15) is 15.8 Å². The molecule has 2 aromatic rings. The van der Waals surface area contributed by atoms with Crippen LogP contribution >= 0.6 is 11.3 Å². The Labute approximate surface area is 149 Å². The number of ether oxygens (including phenoxy) is 1. The number of carbonyl (C=O) groups is 2. The molecule has 0 saturated carbocycles. The average molecular weight is 357 g/mol. The van der Waals surface area contributed by atoms with Gasteiger partial charge in [0.1, 0.15) is 11.7 Å². The lowest BCUT2D eigenvalue weighted by molar-refractivity contribution is -0.119. The number of aryl methyl sites for hydroxylation is 1. The molecule has 130 valence electrons. The Kier molecular flexibility index (Phi) is 4.76. The number of anilines is 1. The van der Waals surface area contributed by atoms with Crippen LogP contribution in [0.4, 0.5) is 10.5 Å². The number of hydrogen-bond acceptors (Lipinski definition) is 4. The van der Waals surface area contributed by atoms with Crippen LogP contribution in [0.3, 0.4) is 0 Å². The molecule has 1 aromatic heterocycles. The number of carbonyl (C=O) groups excluding carboxylic acids is 2. The molecule has 1 aromatic carbocycles. The van der Waals surface area contributed by atoms with Crippen LogP contribution in [-0.4, -0.2) is 19.0 Å². The van der Waals surface area contributed by atoms with Gasteiger partial charge in [0.15, 0.2) is 0 Å². The van der Waals surface area contributed by atoms with Gasteiger partial charge in [0.05, 0.1) is 13.2 Å². The summed E-state index contributed by atoms with van der Waals surface area (Å²) in [6.07, 6.45) is 0. The topological polar surface area (TPSA) is 79.5 Å². The fraction of sp³-hybridized carbons (Fsp3) is 0.222. The standard InChI is InChI=1S/C18H19N3O3S/c1-10-4-9-14(25-10)16-15(11(2)19-18(23)21-16)17(22)20-12-5-7-13(24-3)8-6-12/h4-9,15-16H,2H2,1,3H3,(H,20,22)(H2,19,21,23)/t15-,16+/m1/s1. The highest BCUT2D eigenvalue weighted by atomic mass is 32.1. The molecule has 2 heterocycles. The van der Waals surface area contributed by atoms with Crippen LogP contribution < -0.4 is 20.7 Å². The second-order valence-electron chi connectivity index (χ2n) is 5.75. The first-order valence-electron chi connectivity index (χ1n) is 7.75. The fourth-order valence-electron chi connectivity index (χ4n) is 2.75. The van der Waals surface area contributed by atoms with Crippen molar-refractivity contribution >= 4 is 29.0 Å². The van der Waals surface area contributed by atoms with Gasteiger partial charge in [0.25, 0.3) is 0 Å². The van der Waals surface area contributed by atoms with Crippen molar-refractivity contribution in [1.82, 2.24) is 10.6 Å². The zero-order chi connectivity index (χ0) is 18.0. The number of hydrogen-bond donors (Lipinski definition) is 3. The largest absolute Gasteiger partial charge is 0.497 e. The van der Waals surface area contributed by atoms with Crippen molar-refractivity contribution in [3.8, 4) is 5.75 Å². The summed E-state index contributed by atoms with van der Waals surface area (Å²) in [6, 6.07) is 10.2. The van der Waals surface area contributed by atoms with E-state index in [9.17, 15) is 9.59 Å². The Morgan fingerprint density at radius 1 is 1.24 bits per heavy atom. The zero-order valence-electron chi connectivity index (χ0n) is 14.0. The van der Waals surface area contributed by atoms with E-state index in [1.54, 1.807) is 42.7 Å². The molecule has 1 fully saturated rings. The van der Waals surface area contributed by atoms with Crippen molar-refractivity contribution in [3.63, 3.8) is 0 Å². The highest BCUT2D eigenvalue weighted by molar-refractivity contribution is 7.12. The van der Waals surface area contributed by atoms with E-state index in [-0.39, 0.29) is 11.9 Å².